The van der Waals surface area contributed by atoms with Gasteiger partial charge in [-0.05, 0) is 24.0 Å². The predicted molar refractivity (Wildman–Crippen MR) is 97.5 cm³/mol. The number of benzene rings is 1. The molecule has 130 valence electrons. The van der Waals surface area contributed by atoms with E-state index in [9.17, 15) is 9.59 Å². The summed E-state index contributed by atoms with van der Waals surface area (Å²) in [5.41, 5.74) is 1.70. The first-order valence-electron chi connectivity index (χ1n) is 8.80. The van der Waals surface area contributed by atoms with Crippen molar-refractivity contribution in [3.63, 3.8) is 0 Å². The smallest absolute Gasteiger partial charge is 0.220 e. The number of Topliss-reactive ketones (excluding diaryl/α,β-unsaturated/α-hetero) is 1. The van der Waals surface area contributed by atoms with Gasteiger partial charge in [-0.25, -0.2) is 0 Å². The molecule has 0 spiro atoms. The minimum atomic E-state index is -0.00863. The van der Waals surface area contributed by atoms with Gasteiger partial charge in [-0.1, -0.05) is 65.2 Å². The lowest BCUT2D eigenvalue weighted by molar-refractivity contribution is -0.121. The van der Waals surface area contributed by atoms with Crippen molar-refractivity contribution in [1.82, 2.24) is 5.32 Å². The number of carbonyl (C=O) groups excluding carboxylic acids is 2. The van der Waals surface area contributed by atoms with Crippen LogP contribution in [0.15, 0.2) is 24.3 Å². The number of carbonyl (C=O) groups is 2. The predicted octanol–water partition coefficient (Wildman–Crippen LogP) is 4.99. The molecule has 0 saturated carbocycles. The largest absolute Gasteiger partial charge is 0.352 e. The Morgan fingerprint density at radius 3 is 2.48 bits per heavy atom. The highest BCUT2D eigenvalue weighted by molar-refractivity contribution is 5.97. The van der Waals surface area contributed by atoms with Crippen LogP contribution in [0.1, 0.15) is 77.1 Å². The zero-order chi connectivity index (χ0) is 17.2. The van der Waals surface area contributed by atoms with Gasteiger partial charge in [-0.15, -0.1) is 0 Å². The molecule has 3 nitrogen and oxygen atoms in total. The molecule has 0 aliphatic carbocycles. The van der Waals surface area contributed by atoms with E-state index in [0.717, 1.165) is 29.9 Å². The van der Waals surface area contributed by atoms with E-state index in [1.807, 2.05) is 38.1 Å². The van der Waals surface area contributed by atoms with E-state index in [4.69, 9.17) is 0 Å². The normalized spacial score (nSPS) is 11.0. The summed E-state index contributed by atoms with van der Waals surface area (Å²) < 4.78 is 0. The van der Waals surface area contributed by atoms with Gasteiger partial charge in [0.15, 0.2) is 5.78 Å². The highest BCUT2D eigenvalue weighted by Crippen LogP contribution is 2.12. The Hall–Kier alpha value is -1.64. The fourth-order valence-electron chi connectivity index (χ4n) is 2.47. The zero-order valence-electron chi connectivity index (χ0n) is 15.0. The van der Waals surface area contributed by atoms with E-state index in [2.05, 4.69) is 19.2 Å². The molecule has 0 saturated heterocycles. The van der Waals surface area contributed by atoms with Crippen LogP contribution in [-0.2, 0) is 11.3 Å². The molecule has 3 heteroatoms. The Labute approximate surface area is 142 Å². The van der Waals surface area contributed by atoms with Crippen LogP contribution in [0.25, 0.3) is 0 Å². The summed E-state index contributed by atoms with van der Waals surface area (Å²) in [5, 5.41) is 2.94. The van der Waals surface area contributed by atoms with Crippen molar-refractivity contribution in [2.75, 3.05) is 0 Å². The standard InChI is InChI=1S/C20H31NO2.H2/c1-15(2)9-6-5-7-12-19(22)21-14-17-10-8-11-18(13-17)20(23)16(3)4;/h8,10-11,13,15-16H,5-7,9,12,14H2,1-4H3,(H,21,22);1H. The topological polar surface area (TPSA) is 46.2 Å². The van der Waals surface area contributed by atoms with Crippen molar-refractivity contribution < 1.29 is 11.0 Å². The third kappa shape index (κ3) is 7.96. The van der Waals surface area contributed by atoms with Crippen LogP contribution >= 0.6 is 0 Å². The molecule has 1 N–H and O–H groups in total. The molecular formula is C20H33NO2. The van der Waals surface area contributed by atoms with E-state index in [0.29, 0.717) is 13.0 Å². The van der Waals surface area contributed by atoms with Gasteiger partial charge < -0.3 is 5.32 Å². The van der Waals surface area contributed by atoms with Crippen molar-refractivity contribution in [2.45, 2.75) is 66.3 Å². The molecule has 0 heterocycles. The maximum Gasteiger partial charge on any atom is 0.220 e. The minimum Gasteiger partial charge on any atom is -0.352 e. The van der Waals surface area contributed by atoms with Gasteiger partial charge >= 0.3 is 0 Å². The zero-order valence-corrected chi connectivity index (χ0v) is 15.0. The van der Waals surface area contributed by atoms with Gasteiger partial charge in [-0.2, -0.15) is 0 Å². The number of hydrogen-bond acceptors (Lipinski definition) is 2. The highest BCUT2D eigenvalue weighted by Gasteiger charge is 2.10. The van der Waals surface area contributed by atoms with Gasteiger partial charge in [-0.3, -0.25) is 9.59 Å². The van der Waals surface area contributed by atoms with Crippen LogP contribution in [0.4, 0.5) is 0 Å². The molecule has 1 aromatic rings. The highest BCUT2D eigenvalue weighted by atomic mass is 16.1. The van der Waals surface area contributed by atoms with E-state index < -0.39 is 0 Å². The fraction of sp³-hybridized carbons (Fsp3) is 0.600. The average molecular weight is 319 g/mol. The van der Waals surface area contributed by atoms with Gasteiger partial charge in [0.1, 0.15) is 0 Å². The molecule has 0 fully saturated rings. The maximum absolute atomic E-state index is 12.0. The van der Waals surface area contributed by atoms with Crippen molar-refractivity contribution in [3.05, 3.63) is 35.4 Å². The fourth-order valence-corrected chi connectivity index (χ4v) is 2.47. The summed E-state index contributed by atoms with van der Waals surface area (Å²) in [4.78, 5) is 23.9. The molecule has 0 aromatic heterocycles. The van der Waals surface area contributed by atoms with Crippen LogP contribution in [-0.4, -0.2) is 11.7 Å². The first-order valence-corrected chi connectivity index (χ1v) is 8.80. The molecule has 1 amide bonds. The monoisotopic (exact) mass is 319 g/mol. The molecule has 0 bridgehead atoms. The Balaban J connectivity index is 0.00000529. The van der Waals surface area contributed by atoms with Crippen molar-refractivity contribution in [1.29, 1.82) is 0 Å². The van der Waals surface area contributed by atoms with Crippen LogP contribution in [0.3, 0.4) is 0 Å². The molecular weight excluding hydrogens is 286 g/mol. The second-order valence-electron chi connectivity index (χ2n) is 6.99. The average Bonchev–Trinajstić information content (AvgIpc) is 2.51. The van der Waals surface area contributed by atoms with Gasteiger partial charge in [0.25, 0.3) is 0 Å². The van der Waals surface area contributed by atoms with Crippen LogP contribution in [0.5, 0.6) is 0 Å². The number of amides is 1. The SMILES string of the molecule is CC(C)CCCCCC(=O)NCc1cccc(C(=O)C(C)C)c1.[HH]. The van der Waals surface area contributed by atoms with Crippen molar-refractivity contribution >= 4 is 11.7 Å². The summed E-state index contributed by atoms with van der Waals surface area (Å²) in [7, 11) is 0. The summed E-state index contributed by atoms with van der Waals surface area (Å²) in [6, 6.07) is 7.54. The molecule has 23 heavy (non-hydrogen) atoms. The molecule has 1 aromatic carbocycles. The molecule has 0 atom stereocenters. The molecule has 0 aliphatic heterocycles. The van der Waals surface area contributed by atoms with Crippen LogP contribution < -0.4 is 5.32 Å². The Morgan fingerprint density at radius 1 is 1.09 bits per heavy atom. The lowest BCUT2D eigenvalue weighted by atomic mass is 9.99. The summed E-state index contributed by atoms with van der Waals surface area (Å²) in [5.74, 6) is 0.966. The van der Waals surface area contributed by atoms with Crippen LogP contribution in [0.2, 0.25) is 0 Å². The number of unbranched alkanes of at least 4 members (excludes halogenated alkanes) is 2. The Bertz CT molecular complexity index is 512. The first-order chi connectivity index (χ1) is 10.9. The lowest BCUT2D eigenvalue weighted by Crippen LogP contribution is -2.22. The number of hydrogen-bond donors (Lipinski definition) is 1. The number of rotatable bonds is 10. The number of nitrogens with one attached hydrogen (secondary N) is 1. The third-order valence-corrected chi connectivity index (χ3v) is 3.91. The molecule has 0 aliphatic rings. The second kappa shape index (κ2) is 10.2. The molecule has 1 rings (SSSR count). The third-order valence-electron chi connectivity index (χ3n) is 3.91. The van der Waals surface area contributed by atoms with Gasteiger partial charge in [0, 0.05) is 25.9 Å². The first kappa shape index (κ1) is 19.4. The number of ketones is 1. The van der Waals surface area contributed by atoms with Crippen LogP contribution in [0, 0.1) is 11.8 Å². The Morgan fingerprint density at radius 2 is 1.83 bits per heavy atom. The lowest BCUT2D eigenvalue weighted by Gasteiger charge is -2.09. The van der Waals surface area contributed by atoms with E-state index in [-0.39, 0.29) is 19.0 Å². The second-order valence-corrected chi connectivity index (χ2v) is 6.99. The van der Waals surface area contributed by atoms with Gasteiger partial charge in [0.05, 0.1) is 0 Å². The van der Waals surface area contributed by atoms with Crippen molar-refractivity contribution in [2.24, 2.45) is 11.8 Å². The van der Waals surface area contributed by atoms with E-state index in [1.165, 1.54) is 12.8 Å². The Kier molecular flexibility index (Phi) is 8.60. The minimum absolute atomic E-state index is 0. The van der Waals surface area contributed by atoms with Crippen molar-refractivity contribution in [3.8, 4) is 0 Å². The summed E-state index contributed by atoms with van der Waals surface area (Å²) in [6.07, 6.45) is 5.08. The molecule has 0 unspecified atom stereocenters. The summed E-state index contributed by atoms with van der Waals surface area (Å²) >= 11 is 0. The van der Waals surface area contributed by atoms with Gasteiger partial charge in [0.2, 0.25) is 5.91 Å². The maximum atomic E-state index is 12.0. The van der Waals surface area contributed by atoms with E-state index >= 15 is 0 Å². The van der Waals surface area contributed by atoms with E-state index in [1.54, 1.807) is 0 Å². The summed E-state index contributed by atoms with van der Waals surface area (Å²) in [6.45, 7) is 8.74. The quantitative estimate of drug-likeness (QED) is 0.487. The molecule has 0 radical (unpaired) electrons.